The van der Waals surface area contributed by atoms with Crippen LogP contribution in [0, 0.1) is 0 Å². The van der Waals surface area contributed by atoms with Crippen molar-refractivity contribution in [2.75, 3.05) is 42.7 Å². The first kappa shape index (κ1) is 34.5. The molecule has 4 aromatic carbocycles. The van der Waals surface area contributed by atoms with E-state index in [1.807, 2.05) is 0 Å². The van der Waals surface area contributed by atoms with Crippen LogP contribution in [0.4, 0.5) is 0 Å². The van der Waals surface area contributed by atoms with E-state index in [2.05, 4.69) is 0 Å². The molecule has 0 amide bonds. The summed E-state index contributed by atoms with van der Waals surface area (Å²) in [4.78, 5) is 44.5. The van der Waals surface area contributed by atoms with E-state index in [9.17, 15) is 29.4 Å². The number of methoxy groups -OCH3 is 6. The molecule has 0 saturated heterocycles. The molecule has 0 unspecified atom stereocenters. The standard InChI is InChI=1S/C18H18O6.C16H14O6/c1-21-15-7-11(9-19)5-13(17(15)23-3)14-6-12(10-20)8-16(22-2)18(14)24-4;1-21-13-5-9(7-17)3-11(15(13)19)12-4-10(8-18)6-14(22-2)16(12)20/h5-10H,1-4H3;3-8,19-20H,1-2H3. The number of aldehydes is 4. The first-order chi connectivity index (χ1) is 22.2. The average molecular weight is 633 g/mol. The monoisotopic (exact) mass is 632 g/mol. The molecule has 12 nitrogen and oxygen atoms in total. The predicted molar refractivity (Wildman–Crippen MR) is 168 cm³/mol. The third kappa shape index (κ3) is 7.02. The second-order valence-electron chi connectivity index (χ2n) is 9.32. The van der Waals surface area contributed by atoms with Gasteiger partial charge in [-0.1, -0.05) is 0 Å². The lowest BCUT2D eigenvalue weighted by molar-refractivity contribution is 0.111. The normalized spacial score (nSPS) is 10.0. The fourth-order valence-electron chi connectivity index (χ4n) is 4.62. The van der Waals surface area contributed by atoms with Crippen molar-refractivity contribution in [2.45, 2.75) is 0 Å². The van der Waals surface area contributed by atoms with Crippen LogP contribution in [0.5, 0.6) is 46.0 Å². The van der Waals surface area contributed by atoms with Crippen LogP contribution >= 0.6 is 0 Å². The van der Waals surface area contributed by atoms with Gasteiger partial charge < -0.3 is 38.6 Å². The van der Waals surface area contributed by atoms with Crippen LogP contribution in [0.1, 0.15) is 41.4 Å². The first-order valence-corrected chi connectivity index (χ1v) is 13.3. The Morgan fingerprint density at radius 3 is 0.891 bits per heavy atom. The Labute approximate surface area is 264 Å². The van der Waals surface area contributed by atoms with E-state index in [-0.39, 0.29) is 45.3 Å². The molecule has 0 saturated carbocycles. The molecule has 0 atom stereocenters. The number of hydrogen-bond donors (Lipinski definition) is 2. The van der Waals surface area contributed by atoms with Crippen molar-refractivity contribution in [1.29, 1.82) is 0 Å². The van der Waals surface area contributed by atoms with Crippen LogP contribution in [0.15, 0.2) is 48.5 Å². The van der Waals surface area contributed by atoms with E-state index in [0.717, 1.165) is 0 Å². The second kappa shape index (κ2) is 15.6. The molecule has 2 N–H and O–H groups in total. The van der Waals surface area contributed by atoms with Crippen molar-refractivity contribution in [3.05, 3.63) is 70.8 Å². The summed E-state index contributed by atoms with van der Waals surface area (Å²) in [7, 11) is 8.64. The maximum Gasteiger partial charge on any atom is 0.168 e. The molecule has 0 aromatic heterocycles. The summed E-state index contributed by atoms with van der Waals surface area (Å²) < 4.78 is 31.5. The van der Waals surface area contributed by atoms with Gasteiger partial charge in [-0.25, -0.2) is 0 Å². The van der Waals surface area contributed by atoms with Crippen LogP contribution in [-0.2, 0) is 0 Å². The Bertz CT molecular complexity index is 1630. The summed E-state index contributed by atoms with van der Waals surface area (Å²) in [6.45, 7) is 0. The fourth-order valence-corrected chi connectivity index (χ4v) is 4.62. The van der Waals surface area contributed by atoms with Crippen molar-refractivity contribution in [3.63, 3.8) is 0 Å². The van der Waals surface area contributed by atoms with Gasteiger partial charge in [0, 0.05) is 44.5 Å². The molecule has 4 aromatic rings. The zero-order valence-corrected chi connectivity index (χ0v) is 25.9. The van der Waals surface area contributed by atoms with Crippen molar-refractivity contribution < 1.29 is 57.8 Å². The Balaban J connectivity index is 0.000000251. The summed E-state index contributed by atoms with van der Waals surface area (Å²) in [6, 6.07) is 11.9. The molecular weight excluding hydrogens is 600 g/mol. The van der Waals surface area contributed by atoms with Crippen LogP contribution in [0.3, 0.4) is 0 Å². The topological polar surface area (TPSA) is 164 Å². The van der Waals surface area contributed by atoms with Gasteiger partial charge in [0.05, 0.1) is 42.7 Å². The Morgan fingerprint density at radius 2 is 0.652 bits per heavy atom. The highest BCUT2D eigenvalue weighted by molar-refractivity contribution is 5.91. The highest BCUT2D eigenvalue weighted by atomic mass is 16.5. The number of carbonyl (C=O) groups is 4. The Hall–Kier alpha value is -6.04. The molecule has 0 fully saturated rings. The van der Waals surface area contributed by atoms with Gasteiger partial charge in [-0.3, -0.25) is 19.2 Å². The summed E-state index contributed by atoms with van der Waals surface area (Å²) >= 11 is 0. The maximum absolute atomic E-state index is 11.3. The SMILES string of the molecule is COc1cc(C=O)cc(-c2cc(C=O)cc(OC)c2O)c1O.COc1cc(C=O)cc(-c2cc(C=O)cc(OC)c2OC)c1OC. The quantitative estimate of drug-likeness (QED) is 0.191. The van der Waals surface area contributed by atoms with Crippen molar-refractivity contribution in [3.8, 4) is 68.2 Å². The molecule has 0 spiro atoms. The minimum absolute atomic E-state index is 0.0782. The third-order valence-electron chi connectivity index (χ3n) is 6.76. The van der Waals surface area contributed by atoms with Gasteiger partial charge in [0.2, 0.25) is 0 Å². The van der Waals surface area contributed by atoms with Gasteiger partial charge >= 0.3 is 0 Å². The number of phenols is 2. The molecule has 12 heteroatoms. The molecule has 0 aliphatic heterocycles. The van der Waals surface area contributed by atoms with E-state index in [0.29, 0.717) is 70.4 Å². The van der Waals surface area contributed by atoms with Gasteiger partial charge in [-0.2, -0.15) is 0 Å². The van der Waals surface area contributed by atoms with Gasteiger partial charge in [0.1, 0.15) is 25.1 Å². The molecule has 240 valence electrons. The summed E-state index contributed by atoms with van der Waals surface area (Å²) in [6.07, 6.45) is 2.59. The number of ether oxygens (including phenoxy) is 6. The first-order valence-electron chi connectivity index (χ1n) is 13.3. The van der Waals surface area contributed by atoms with Gasteiger partial charge in [-0.15, -0.1) is 0 Å². The maximum atomic E-state index is 11.3. The number of aromatic hydroxyl groups is 2. The molecule has 0 bridgehead atoms. The average Bonchev–Trinajstić information content (AvgIpc) is 3.10. The molecule has 46 heavy (non-hydrogen) atoms. The van der Waals surface area contributed by atoms with E-state index in [4.69, 9.17) is 28.4 Å². The zero-order chi connectivity index (χ0) is 34.0. The van der Waals surface area contributed by atoms with Crippen molar-refractivity contribution in [1.82, 2.24) is 0 Å². The summed E-state index contributed by atoms with van der Waals surface area (Å²) in [5.41, 5.74) is 2.72. The smallest absolute Gasteiger partial charge is 0.168 e. The third-order valence-corrected chi connectivity index (χ3v) is 6.76. The van der Waals surface area contributed by atoms with Gasteiger partial charge in [0.15, 0.2) is 46.0 Å². The largest absolute Gasteiger partial charge is 0.504 e. The molecular formula is C34H32O12. The van der Waals surface area contributed by atoms with Crippen molar-refractivity contribution in [2.24, 2.45) is 0 Å². The molecule has 0 aliphatic rings. The highest BCUT2D eigenvalue weighted by Crippen LogP contribution is 2.47. The zero-order valence-electron chi connectivity index (χ0n) is 25.9. The second-order valence-corrected chi connectivity index (χ2v) is 9.32. The van der Waals surface area contributed by atoms with E-state index in [1.54, 1.807) is 24.3 Å². The van der Waals surface area contributed by atoms with Crippen LogP contribution in [0.25, 0.3) is 22.3 Å². The lowest BCUT2D eigenvalue weighted by atomic mass is 9.98. The summed E-state index contributed by atoms with van der Waals surface area (Å²) in [5, 5.41) is 20.5. The number of phenolic OH excluding ortho intramolecular Hbond substituents is 2. The minimum Gasteiger partial charge on any atom is -0.504 e. The number of carbonyl (C=O) groups excluding carboxylic acids is 4. The lowest BCUT2D eigenvalue weighted by Gasteiger charge is -2.18. The molecule has 4 rings (SSSR count). The van der Waals surface area contributed by atoms with Gasteiger partial charge in [0.25, 0.3) is 0 Å². The Kier molecular flexibility index (Phi) is 11.7. The lowest BCUT2D eigenvalue weighted by Crippen LogP contribution is -1.99. The molecule has 0 radical (unpaired) electrons. The van der Waals surface area contributed by atoms with E-state index >= 15 is 0 Å². The minimum atomic E-state index is -0.256. The van der Waals surface area contributed by atoms with Crippen LogP contribution < -0.4 is 28.4 Å². The number of hydrogen-bond acceptors (Lipinski definition) is 12. The molecule has 0 aliphatic carbocycles. The van der Waals surface area contributed by atoms with E-state index < -0.39 is 0 Å². The van der Waals surface area contributed by atoms with Crippen LogP contribution in [0.2, 0.25) is 0 Å². The van der Waals surface area contributed by atoms with Crippen LogP contribution in [-0.4, -0.2) is 78.0 Å². The number of benzene rings is 4. The Morgan fingerprint density at radius 1 is 0.391 bits per heavy atom. The summed E-state index contributed by atoms with van der Waals surface area (Å²) in [5.74, 6) is 1.29. The fraction of sp³-hybridized carbons (Fsp3) is 0.176. The van der Waals surface area contributed by atoms with Gasteiger partial charge in [-0.05, 0) is 48.5 Å². The van der Waals surface area contributed by atoms with E-state index in [1.165, 1.54) is 66.9 Å². The highest BCUT2D eigenvalue weighted by Gasteiger charge is 2.21. The van der Waals surface area contributed by atoms with Crippen molar-refractivity contribution >= 4 is 25.1 Å². The predicted octanol–water partition coefficient (Wildman–Crippen LogP) is 5.42. The number of rotatable bonds is 12. The molecule has 0 heterocycles.